The first-order chi connectivity index (χ1) is 9.67. The summed E-state index contributed by atoms with van der Waals surface area (Å²) in [6, 6.07) is 14.7. The van der Waals surface area contributed by atoms with Crippen molar-refractivity contribution in [2.45, 2.75) is 4.90 Å². The predicted octanol–water partition coefficient (Wildman–Crippen LogP) is 3.27. The molecule has 0 spiro atoms. The van der Waals surface area contributed by atoms with Gasteiger partial charge in [0.1, 0.15) is 0 Å². The lowest BCUT2D eigenvalue weighted by Crippen LogP contribution is -1.91. The fraction of sp³-hybridized carbons (Fsp3) is 0. The molecule has 0 saturated carbocycles. The summed E-state index contributed by atoms with van der Waals surface area (Å²) in [4.78, 5) is 0.417. The zero-order valence-corrected chi connectivity index (χ0v) is 11.2. The molecule has 100 valence electrons. The van der Waals surface area contributed by atoms with Crippen LogP contribution in [0.1, 0.15) is 5.56 Å². The molecule has 0 radical (unpaired) electrons. The van der Waals surface area contributed by atoms with Crippen molar-refractivity contribution < 1.29 is 12.9 Å². The average molecular weight is 285 g/mol. The molecule has 0 fully saturated rings. The highest BCUT2D eigenvalue weighted by Crippen LogP contribution is 2.25. The minimum atomic E-state index is -3.09. The van der Waals surface area contributed by atoms with E-state index in [2.05, 4.69) is 5.16 Å². The van der Waals surface area contributed by atoms with Gasteiger partial charge in [-0.25, -0.2) is 8.42 Å². The van der Waals surface area contributed by atoms with E-state index in [1.807, 2.05) is 30.3 Å². The van der Waals surface area contributed by atoms with Crippen LogP contribution in [-0.4, -0.2) is 13.6 Å². The maximum atomic E-state index is 11.2. The minimum absolute atomic E-state index is 0.417. The molecule has 4 nitrogen and oxygen atoms in total. The summed E-state index contributed by atoms with van der Waals surface area (Å²) in [5.41, 5.74) is 1.63. The van der Waals surface area contributed by atoms with E-state index in [1.54, 1.807) is 30.5 Å². The third-order valence-electron chi connectivity index (χ3n) is 2.91. The van der Waals surface area contributed by atoms with E-state index in [4.69, 9.17) is 4.52 Å². The van der Waals surface area contributed by atoms with Crippen LogP contribution in [0.4, 0.5) is 0 Å². The second kappa shape index (κ2) is 4.94. The van der Waals surface area contributed by atoms with Gasteiger partial charge in [0.05, 0.1) is 11.1 Å². The Morgan fingerprint density at radius 2 is 1.70 bits per heavy atom. The van der Waals surface area contributed by atoms with Crippen molar-refractivity contribution in [1.82, 2.24) is 5.16 Å². The fourth-order valence-electron chi connectivity index (χ4n) is 1.92. The number of hydrogen-bond donors (Lipinski definition) is 0. The molecule has 1 aromatic heterocycles. The zero-order valence-electron chi connectivity index (χ0n) is 10.4. The van der Waals surface area contributed by atoms with Gasteiger partial charge in [-0.3, -0.25) is 0 Å². The maximum Gasteiger partial charge on any atom is 0.200 e. The average Bonchev–Trinajstić information content (AvgIpc) is 3.05. The summed E-state index contributed by atoms with van der Waals surface area (Å²) in [6.45, 7) is 0. The van der Waals surface area contributed by atoms with Crippen molar-refractivity contribution in [2.24, 2.45) is 0 Å². The highest BCUT2D eigenvalue weighted by atomic mass is 32.2. The zero-order chi connectivity index (χ0) is 14.0. The number of para-hydroxylation sites is 1. The van der Waals surface area contributed by atoms with Gasteiger partial charge in [0, 0.05) is 10.8 Å². The number of rotatable bonds is 0. The lowest BCUT2D eigenvalue weighted by molar-refractivity contribution is 0.456. The van der Waals surface area contributed by atoms with E-state index in [0.717, 1.165) is 16.5 Å². The second-order valence-electron chi connectivity index (χ2n) is 4.25. The molecule has 1 aliphatic heterocycles. The van der Waals surface area contributed by atoms with E-state index in [9.17, 15) is 8.42 Å². The van der Waals surface area contributed by atoms with Gasteiger partial charge in [-0.1, -0.05) is 35.5 Å². The molecule has 2 aromatic carbocycles. The molecule has 3 aromatic rings. The Bertz CT molecular complexity index is 849. The molecule has 4 rings (SSSR count). The summed E-state index contributed by atoms with van der Waals surface area (Å²) in [5, 5.41) is 5.91. The number of benzene rings is 2. The minimum Gasteiger partial charge on any atom is -0.356 e. The Hall–Kier alpha value is -2.40. The number of hydrogen-bond acceptors (Lipinski definition) is 4. The van der Waals surface area contributed by atoms with Crippen LogP contribution in [0.5, 0.6) is 0 Å². The Kier molecular flexibility index (Phi) is 3.12. The van der Waals surface area contributed by atoms with Gasteiger partial charge in [-0.15, -0.1) is 0 Å². The summed E-state index contributed by atoms with van der Waals surface area (Å²) in [7, 11) is -3.09. The number of sulfone groups is 1. The van der Waals surface area contributed by atoms with Crippen molar-refractivity contribution in [3.8, 4) is 0 Å². The monoisotopic (exact) mass is 285 g/mol. The first kappa shape index (κ1) is 12.6. The van der Waals surface area contributed by atoms with Crippen molar-refractivity contribution >= 4 is 26.9 Å². The van der Waals surface area contributed by atoms with E-state index >= 15 is 0 Å². The third-order valence-corrected chi connectivity index (χ3v) is 4.39. The Labute approximate surface area is 116 Å². The highest BCUT2D eigenvalue weighted by Gasteiger charge is 2.18. The fourth-order valence-corrected chi connectivity index (χ4v) is 3.13. The van der Waals surface area contributed by atoms with E-state index in [1.165, 1.54) is 5.41 Å². The normalized spacial score (nSPS) is 14.6. The summed E-state index contributed by atoms with van der Waals surface area (Å²) in [5.74, 6) is 0. The van der Waals surface area contributed by atoms with Crippen LogP contribution in [0.3, 0.4) is 0 Å². The summed E-state index contributed by atoms with van der Waals surface area (Å²) in [6.07, 6.45) is 3.32. The first-order valence-corrected chi connectivity index (χ1v) is 7.53. The SMILES string of the molecule is O=S1(=O)C=Cc2ccccc21.c1ccc2oncc2c1. The molecule has 0 bridgehead atoms. The molecule has 5 heteroatoms. The first-order valence-electron chi connectivity index (χ1n) is 5.98. The van der Waals surface area contributed by atoms with Crippen LogP contribution >= 0.6 is 0 Å². The lowest BCUT2D eigenvalue weighted by Gasteiger charge is -1.94. The molecular weight excluding hydrogens is 274 g/mol. The lowest BCUT2D eigenvalue weighted by atomic mass is 10.2. The Morgan fingerprint density at radius 3 is 2.50 bits per heavy atom. The quantitative estimate of drug-likeness (QED) is 0.636. The Balaban J connectivity index is 0.000000123. The van der Waals surface area contributed by atoms with Gasteiger partial charge in [-0.2, -0.15) is 0 Å². The number of nitrogens with zero attached hydrogens (tertiary/aromatic N) is 1. The van der Waals surface area contributed by atoms with Crippen LogP contribution in [0.2, 0.25) is 0 Å². The van der Waals surface area contributed by atoms with Gasteiger partial charge in [0.2, 0.25) is 0 Å². The van der Waals surface area contributed by atoms with Crippen LogP contribution in [0.25, 0.3) is 17.0 Å². The molecule has 1 aliphatic rings. The van der Waals surface area contributed by atoms with Crippen molar-refractivity contribution in [1.29, 1.82) is 0 Å². The van der Waals surface area contributed by atoms with Crippen molar-refractivity contribution in [2.75, 3.05) is 0 Å². The largest absolute Gasteiger partial charge is 0.356 e. The van der Waals surface area contributed by atoms with Crippen LogP contribution in [0, 0.1) is 0 Å². The molecule has 20 heavy (non-hydrogen) atoms. The topological polar surface area (TPSA) is 60.2 Å². The van der Waals surface area contributed by atoms with Crippen molar-refractivity contribution in [3.63, 3.8) is 0 Å². The predicted molar refractivity (Wildman–Crippen MR) is 76.7 cm³/mol. The third kappa shape index (κ3) is 2.35. The molecule has 0 N–H and O–H groups in total. The number of aromatic nitrogens is 1. The second-order valence-corrected chi connectivity index (χ2v) is 6.05. The van der Waals surface area contributed by atoms with Gasteiger partial charge in [0.25, 0.3) is 0 Å². The summed E-state index contributed by atoms with van der Waals surface area (Å²) < 4.78 is 27.2. The molecule has 0 amide bonds. The number of fused-ring (bicyclic) bond motifs is 2. The standard InChI is InChI=1S/C8H6O2S.C7H5NO/c9-11(10)6-5-7-3-1-2-4-8(7)11;1-2-4-7-6(3-1)5-8-9-7/h1-6H;1-5H. The maximum absolute atomic E-state index is 11.2. The van der Waals surface area contributed by atoms with Crippen LogP contribution < -0.4 is 0 Å². The van der Waals surface area contributed by atoms with E-state index in [0.29, 0.717) is 4.90 Å². The van der Waals surface area contributed by atoms with E-state index in [-0.39, 0.29) is 0 Å². The highest BCUT2D eigenvalue weighted by molar-refractivity contribution is 7.94. The molecule has 0 aliphatic carbocycles. The van der Waals surface area contributed by atoms with Crippen LogP contribution in [0.15, 0.2) is 69.6 Å². The molecule has 0 unspecified atom stereocenters. The molecule has 0 saturated heterocycles. The van der Waals surface area contributed by atoms with E-state index < -0.39 is 9.84 Å². The van der Waals surface area contributed by atoms with Crippen LogP contribution in [-0.2, 0) is 9.84 Å². The van der Waals surface area contributed by atoms with Gasteiger partial charge >= 0.3 is 0 Å². The molecule has 2 heterocycles. The van der Waals surface area contributed by atoms with Gasteiger partial charge in [-0.05, 0) is 29.8 Å². The summed E-state index contributed by atoms with van der Waals surface area (Å²) >= 11 is 0. The molecular formula is C15H11NO3S. The van der Waals surface area contributed by atoms with Gasteiger partial charge in [0.15, 0.2) is 15.4 Å². The smallest absolute Gasteiger partial charge is 0.200 e. The Morgan fingerprint density at radius 1 is 0.950 bits per heavy atom. The van der Waals surface area contributed by atoms with Gasteiger partial charge < -0.3 is 4.52 Å². The van der Waals surface area contributed by atoms with Crippen molar-refractivity contribution in [3.05, 3.63) is 65.7 Å². The molecule has 0 atom stereocenters.